The van der Waals surface area contributed by atoms with Gasteiger partial charge in [-0.2, -0.15) is 4.39 Å². The van der Waals surface area contributed by atoms with Crippen LogP contribution >= 0.6 is 11.6 Å². The van der Waals surface area contributed by atoms with E-state index >= 15 is 0 Å². The van der Waals surface area contributed by atoms with Crippen LogP contribution < -0.4 is 4.72 Å². The zero-order valence-electron chi connectivity index (χ0n) is 11.9. The lowest BCUT2D eigenvalue weighted by Gasteiger charge is -2.16. The van der Waals surface area contributed by atoms with E-state index in [0.717, 1.165) is 12.1 Å². The second-order valence-electron chi connectivity index (χ2n) is 4.73. The maximum atomic E-state index is 13.3. The molecule has 0 saturated heterocycles. The van der Waals surface area contributed by atoms with E-state index in [1.54, 1.807) is 31.2 Å². The molecule has 23 heavy (non-hydrogen) atoms. The van der Waals surface area contributed by atoms with Crippen LogP contribution in [0.3, 0.4) is 0 Å². The molecule has 0 spiro atoms. The molecule has 0 amide bonds. The molecule has 9 heteroatoms. The molecule has 0 heterocycles. The highest BCUT2D eigenvalue weighted by molar-refractivity contribution is 7.89. The normalized spacial score (nSPS) is 12.8. The molecule has 0 aromatic heterocycles. The van der Waals surface area contributed by atoms with E-state index in [1.165, 1.54) is 0 Å². The first kappa shape index (κ1) is 17.3. The second-order valence-corrected chi connectivity index (χ2v) is 6.86. The Morgan fingerprint density at radius 2 is 1.91 bits per heavy atom. The Kier molecular flexibility index (Phi) is 4.98. The van der Waals surface area contributed by atoms with Crippen molar-refractivity contribution in [2.45, 2.75) is 17.9 Å². The maximum absolute atomic E-state index is 13.3. The Labute approximate surface area is 137 Å². The van der Waals surface area contributed by atoms with Crippen LogP contribution in [-0.2, 0) is 10.0 Å². The summed E-state index contributed by atoms with van der Waals surface area (Å²) >= 11 is 6.01. The molecule has 6 nitrogen and oxygen atoms in total. The smallest absolute Gasteiger partial charge is 0.258 e. The molecule has 2 aromatic carbocycles. The van der Waals surface area contributed by atoms with Crippen LogP contribution in [0.25, 0.3) is 0 Å². The number of nitrogens with one attached hydrogen (secondary N) is 1. The van der Waals surface area contributed by atoms with Crippen molar-refractivity contribution in [1.29, 1.82) is 0 Å². The summed E-state index contributed by atoms with van der Waals surface area (Å²) in [5.41, 5.74) is -0.354. The monoisotopic (exact) mass is 358 g/mol. The van der Waals surface area contributed by atoms with Gasteiger partial charge in [0, 0.05) is 17.1 Å². The summed E-state index contributed by atoms with van der Waals surface area (Å²) < 4.78 is 40.3. The van der Waals surface area contributed by atoms with Crippen molar-refractivity contribution in [2.24, 2.45) is 0 Å². The largest absolute Gasteiger partial charge is 0.306 e. The van der Waals surface area contributed by atoms with E-state index in [2.05, 4.69) is 4.72 Å². The van der Waals surface area contributed by atoms with Crippen LogP contribution in [-0.4, -0.2) is 13.3 Å². The number of halogens is 2. The molecule has 1 N–H and O–H groups in total. The van der Waals surface area contributed by atoms with Gasteiger partial charge in [0.05, 0.1) is 9.82 Å². The van der Waals surface area contributed by atoms with Crippen LogP contribution in [0.1, 0.15) is 18.5 Å². The lowest BCUT2D eigenvalue weighted by atomic mass is 10.1. The second kappa shape index (κ2) is 6.61. The van der Waals surface area contributed by atoms with Crippen molar-refractivity contribution in [1.82, 2.24) is 4.72 Å². The van der Waals surface area contributed by atoms with Gasteiger partial charge in [0.1, 0.15) is 0 Å². The average molecular weight is 359 g/mol. The molecule has 0 aliphatic carbocycles. The van der Waals surface area contributed by atoms with Crippen molar-refractivity contribution >= 4 is 27.3 Å². The van der Waals surface area contributed by atoms with Crippen molar-refractivity contribution < 1.29 is 17.7 Å². The highest BCUT2D eigenvalue weighted by Crippen LogP contribution is 2.26. The first-order chi connectivity index (χ1) is 10.7. The number of sulfonamides is 1. The molecule has 0 bridgehead atoms. The van der Waals surface area contributed by atoms with Gasteiger partial charge in [-0.1, -0.05) is 29.8 Å². The quantitative estimate of drug-likeness (QED) is 0.655. The Bertz CT molecular complexity index is 858. The van der Waals surface area contributed by atoms with E-state index in [9.17, 15) is 22.9 Å². The van der Waals surface area contributed by atoms with Gasteiger partial charge in [0.15, 0.2) is 0 Å². The van der Waals surface area contributed by atoms with Crippen LogP contribution in [0.15, 0.2) is 47.4 Å². The fourth-order valence-electron chi connectivity index (χ4n) is 1.99. The summed E-state index contributed by atoms with van der Waals surface area (Å²) in [5, 5.41) is 11.1. The fraction of sp³-hybridized carbons (Fsp3) is 0.143. The molecule has 0 radical (unpaired) electrons. The van der Waals surface area contributed by atoms with E-state index in [4.69, 9.17) is 11.6 Å². The Hall–Kier alpha value is -2.03. The number of benzene rings is 2. The molecular formula is C14H12ClFN2O4S. The molecule has 1 atom stereocenters. The van der Waals surface area contributed by atoms with Gasteiger partial charge in [-0.25, -0.2) is 13.1 Å². The molecule has 2 aromatic rings. The summed E-state index contributed by atoms with van der Waals surface area (Å²) in [7, 11) is -4.08. The van der Waals surface area contributed by atoms with Crippen LogP contribution in [0.5, 0.6) is 0 Å². The van der Waals surface area contributed by atoms with Gasteiger partial charge in [-0.15, -0.1) is 0 Å². The fourth-order valence-corrected chi connectivity index (χ4v) is 3.53. The van der Waals surface area contributed by atoms with Gasteiger partial charge in [0.2, 0.25) is 15.8 Å². The number of nitro groups is 1. The lowest BCUT2D eigenvalue weighted by Crippen LogP contribution is -2.27. The first-order valence-corrected chi connectivity index (χ1v) is 8.29. The van der Waals surface area contributed by atoms with Gasteiger partial charge in [0.25, 0.3) is 0 Å². The third-order valence-electron chi connectivity index (χ3n) is 3.13. The number of hydrogen-bond donors (Lipinski definition) is 1. The Morgan fingerprint density at radius 1 is 1.26 bits per heavy atom. The third kappa shape index (κ3) is 3.84. The van der Waals surface area contributed by atoms with Crippen LogP contribution in [0.4, 0.5) is 10.1 Å². The van der Waals surface area contributed by atoms with Crippen LogP contribution in [0, 0.1) is 15.9 Å². The summed E-state index contributed by atoms with van der Waals surface area (Å²) in [6, 6.07) is 8.39. The molecule has 0 fully saturated rings. The average Bonchev–Trinajstić information content (AvgIpc) is 2.47. The van der Waals surface area contributed by atoms with Gasteiger partial charge < -0.3 is 0 Å². The van der Waals surface area contributed by atoms with Crippen molar-refractivity contribution in [2.75, 3.05) is 0 Å². The number of nitrogens with zero attached hydrogens (tertiary/aromatic N) is 1. The molecule has 0 aliphatic rings. The minimum absolute atomic E-state index is 0.382. The first-order valence-electron chi connectivity index (χ1n) is 6.43. The highest BCUT2D eigenvalue weighted by atomic mass is 35.5. The molecular weight excluding hydrogens is 347 g/mol. The lowest BCUT2D eigenvalue weighted by molar-refractivity contribution is -0.387. The van der Waals surface area contributed by atoms with E-state index in [-0.39, 0.29) is 0 Å². The molecule has 0 aliphatic heterocycles. The van der Waals surface area contributed by atoms with Crippen molar-refractivity contribution in [3.8, 4) is 0 Å². The van der Waals surface area contributed by atoms with Gasteiger partial charge >= 0.3 is 5.69 Å². The van der Waals surface area contributed by atoms with Gasteiger partial charge in [-0.05, 0) is 30.7 Å². The predicted octanol–water partition coefficient (Wildman–Crippen LogP) is 3.43. The molecule has 0 saturated carbocycles. The highest BCUT2D eigenvalue weighted by Gasteiger charge is 2.24. The number of hydrogen-bond acceptors (Lipinski definition) is 4. The molecule has 0 unspecified atom stereocenters. The predicted molar refractivity (Wildman–Crippen MR) is 83.2 cm³/mol. The summed E-state index contributed by atoms with van der Waals surface area (Å²) in [6.45, 7) is 1.58. The standard InChI is InChI=1S/C14H12ClFN2O4S/c1-9(11-4-2-3-5-12(11)15)17-23(21,22)10-6-7-13(16)14(8-10)18(19)20/h2-9,17H,1H3/t9-/m0/s1. The summed E-state index contributed by atoms with van der Waals surface area (Å²) in [4.78, 5) is 9.34. The zero-order chi connectivity index (χ0) is 17.2. The summed E-state index contributed by atoms with van der Waals surface area (Å²) in [6.07, 6.45) is 0. The maximum Gasteiger partial charge on any atom is 0.306 e. The topological polar surface area (TPSA) is 89.3 Å². The van der Waals surface area contributed by atoms with Crippen molar-refractivity contribution in [3.63, 3.8) is 0 Å². The summed E-state index contributed by atoms with van der Waals surface area (Å²) in [5.74, 6) is -1.10. The number of rotatable bonds is 5. The zero-order valence-corrected chi connectivity index (χ0v) is 13.4. The SMILES string of the molecule is C[C@H](NS(=O)(=O)c1ccc(F)c([N+](=O)[O-])c1)c1ccccc1Cl. The van der Waals surface area contributed by atoms with E-state index in [0.29, 0.717) is 16.7 Å². The molecule has 122 valence electrons. The minimum Gasteiger partial charge on any atom is -0.258 e. The third-order valence-corrected chi connectivity index (χ3v) is 5.01. The Balaban J connectivity index is 2.34. The number of nitro benzene ring substituents is 1. The van der Waals surface area contributed by atoms with Crippen molar-refractivity contribution in [3.05, 3.63) is 69.0 Å². The van der Waals surface area contributed by atoms with E-state index < -0.39 is 37.4 Å². The minimum atomic E-state index is -4.08. The molecule has 2 rings (SSSR count). The van der Waals surface area contributed by atoms with Crippen LogP contribution in [0.2, 0.25) is 5.02 Å². The van der Waals surface area contributed by atoms with E-state index in [1.807, 2.05) is 0 Å². The Morgan fingerprint density at radius 3 is 2.52 bits per heavy atom. The van der Waals surface area contributed by atoms with Gasteiger partial charge in [-0.3, -0.25) is 10.1 Å².